The molecule has 0 N–H and O–H groups in total. The lowest BCUT2D eigenvalue weighted by molar-refractivity contribution is 0.0717. The van der Waals surface area contributed by atoms with Crippen LogP contribution in [0.4, 0.5) is 10.2 Å². The van der Waals surface area contributed by atoms with Gasteiger partial charge in [0.05, 0.1) is 23.5 Å². The van der Waals surface area contributed by atoms with Gasteiger partial charge in [0, 0.05) is 26.2 Å². The third-order valence-corrected chi connectivity index (χ3v) is 5.12. The zero-order valence-electron chi connectivity index (χ0n) is 19.0. The number of amides is 1. The fraction of sp³-hybridized carbons (Fsp3) is 0.360. The molecule has 3 aromatic rings. The van der Waals surface area contributed by atoms with Crippen LogP contribution in [0.1, 0.15) is 42.4 Å². The summed E-state index contributed by atoms with van der Waals surface area (Å²) in [6.07, 6.45) is 0.736. The number of rotatable bonds is 8. The number of carbonyl (C=O) groups excluding carboxylic acids is 1. The van der Waals surface area contributed by atoms with E-state index in [4.69, 9.17) is 5.10 Å². The summed E-state index contributed by atoms with van der Waals surface area (Å²) in [5, 5.41) is 4.86. The van der Waals surface area contributed by atoms with E-state index in [0.29, 0.717) is 13.1 Å². The van der Waals surface area contributed by atoms with Gasteiger partial charge in [-0.05, 0) is 36.6 Å². The second-order valence-electron chi connectivity index (χ2n) is 8.30. The van der Waals surface area contributed by atoms with Crippen molar-refractivity contribution >= 4 is 11.7 Å². The highest BCUT2D eigenvalue weighted by Crippen LogP contribution is 2.29. The smallest absolute Gasteiger partial charge is 0.257 e. The van der Waals surface area contributed by atoms with Gasteiger partial charge >= 0.3 is 0 Å². The van der Waals surface area contributed by atoms with Gasteiger partial charge < -0.3 is 9.80 Å². The van der Waals surface area contributed by atoms with Crippen LogP contribution in [0.3, 0.4) is 0 Å². The molecule has 5 nitrogen and oxygen atoms in total. The molecule has 31 heavy (non-hydrogen) atoms. The first-order valence-electron chi connectivity index (χ1n) is 10.7. The van der Waals surface area contributed by atoms with Crippen molar-refractivity contribution in [2.24, 2.45) is 5.92 Å². The molecule has 0 saturated carbocycles. The minimum atomic E-state index is -0.496. The molecule has 2 aromatic carbocycles. The zero-order chi connectivity index (χ0) is 22.5. The average Bonchev–Trinajstić information content (AvgIpc) is 3.12. The van der Waals surface area contributed by atoms with E-state index >= 15 is 0 Å². The molecule has 0 fully saturated rings. The molecule has 0 radical (unpaired) electrons. The molecular formula is C25H31FN4O. The van der Waals surface area contributed by atoms with Crippen LogP contribution in [0, 0.1) is 11.7 Å². The molecule has 1 aromatic heterocycles. The quantitative estimate of drug-likeness (QED) is 0.516. The van der Waals surface area contributed by atoms with E-state index in [1.807, 2.05) is 54.0 Å². The zero-order valence-corrected chi connectivity index (χ0v) is 19.0. The molecule has 1 heterocycles. The Hall–Kier alpha value is -3.15. The van der Waals surface area contributed by atoms with Crippen molar-refractivity contribution in [1.82, 2.24) is 14.7 Å². The number of aromatic nitrogens is 2. The maximum atomic E-state index is 14.4. The van der Waals surface area contributed by atoms with Crippen LogP contribution in [0.2, 0.25) is 0 Å². The molecule has 0 aliphatic rings. The summed E-state index contributed by atoms with van der Waals surface area (Å²) in [5.41, 5.74) is 2.98. The van der Waals surface area contributed by atoms with Crippen LogP contribution >= 0.6 is 0 Å². The van der Waals surface area contributed by atoms with E-state index in [2.05, 4.69) is 20.8 Å². The largest absolute Gasteiger partial charge is 0.362 e. The number of nitrogens with zero attached hydrogens (tertiary/aromatic N) is 4. The van der Waals surface area contributed by atoms with Crippen molar-refractivity contribution in [1.29, 1.82) is 0 Å². The topological polar surface area (TPSA) is 41.4 Å². The van der Waals surface area contributed by atoms with Gasteiger partial charge in [0.1, 0.15) is 11.6 Å². The van der Waals surface area contributed by atoms with Crippen molar-refractivity contribution in [2.45, 2.75) is 33.7 Å². The van der Waals surface area contributed by atoms with Crippen LogP contribution in [-0.2, 0) is 13.0 Å². The fourth-order valence-corrected chi connectivity index (χ4v) is 3.80. The predicted molar refractivity (Wildman–Crippen MR) is 123 cm³/mol. The van der Waals surface area contributed by atoms with E-state index in [-0.39, 0.29) is 17.4 Å². The number of carbonyl (C=O) groups is 1. The number of benzene rings is 2. The summed E-state index contributed by atoms with van der Waals surface area (Å²) in [6, 6.07) is 16.1. The number of hydrogen-bond donors (Lipinski definition) is 0. The highest BCUT2D eigenvalue weighted by molar-refractivity contribution is 5.94. The van der Waals surface area contributed by atoms with Crippen LogP contribution in [-0.4, -0.2) is 41.2 Å². The Labute approximate surface area is 184 Å². The number of halogens is 1. The predicted octanol–water partition coefficient (Wildman–Crippen LogP) is 4.94. The van der Waals surface area contributed by atoms with E-state index in [1.165, 1.54) is 6.07 Å². The monoisotopic (exact) mass is 422 g/mol. The van der Waals surface area contributed by atoms with Gasteiger partial charge in [-0.2, -0.15) is 5.10 Å². The highest BCUT2D eigenvalue weighted by atomic mass is 19.1. The Morgan fingerprint density at radius 2 is 1.71 bits per heavy atom. The normalized spacial score (nSPS) is 11.1. The molecule has 0 saturated heterocycles. The molecule has 0 spiro atoms. The lowest BCUT2D eigenvalue weighted by Gasteiger charge is -2.26. The van der Waals surface area contributed by atoms with Gasteiger partial charge in [0.15, 0.2) is 0 Å². The number of para-hydroxylation sites is 1. The Kier molecular flexibility index (Phi) is 7.10. The van der Waals surface area contributed by atoms with E-state index < -0.39 is 5.82 Å². The van der Waals surface area contributed by atoms with Crippen molar-refractivity contribution in [2.75, 3.05) is 25.5 Å². The molecule has 3 rings (SSSR count). The number of hydrogen-bond acceptors (Lipinski definition) is 3. The number of anilines is 1. The van der Waals surface area contributed by atoms with E-state index in [0.717, 1.165) is 29.2 Å². The Morgan fingerprint density at radius 3 is 2.29 bits per heavy atom. The fourth-order valence-electron chi connectivity index (χ4n) is 3.80. The minimum Gasteiger partial charge on any atom is -0.362 e. The maximum absolute atomic E-state index is 14.4. The van der Waals surface area contributed by atoms with Crippen molar-refractivity contribution < 1.29 is 9.18 Å². The average molecular weight is 423 g/mol. The Bertz CT molecular complexity index is 1030. The molecule has 0 unspecified atom stereocenters. The lowest BCUT2D eigenvalue weighted by Crippen LogP contribution is -2.35. The molecule has 0 aliphatic carbocycles. The van der Waals surface area contributed by atoms with Crippen molar-refractivity contribution in [3.63, 3.8) is 0 Å². The first-order valence-corrected chi connectivity index (χ1v) is 10.7. The second-order valence-corrected chi connectivity index (χ2v) is 8.30. The van der Waals surface area contributed by atoms with E-state index in [1.54, 1.807) is 23.1 Å². The standard InChI is InChI=1S/C25H31FN4O/c1-6-23-21(24(28(4)5)30(27-23)19-12-8-7-9-13-19)17-29(16-18(2)3)25(31)20-14-10-11-15-22(20)26/h7-15,18H,6,16-17H2,1-5H3. The Morgan fingerprint density at radius 1 is 1.06 bits per heavy atom. The maximum Gasteiger partial charge on any atom is 0.257 e. The molecular weight excluding hydrogens is 391 g/mol. The molecule has 0 aliphatic heterocycles. The summed E-state index contributed by atoms with van der Waals surface area (Å²) in [5.74, 6) is 0.377. The van der Waals surface area contributed by atoms with Gasteiger partial charge in [0.2, 0.25) is 0 Å². The summed E-state index contributed by atoms with van der Waals surface area (Å²) < 4.78 is 16.3. The van der Waals surface area contributed by atoms with Gasteiger partial charge in [-0.25, -0.2) is 9.07 Å². The molecule has 0 atom stereocenters. The molecule has 1 amide bonds. The highest BCUT2D eigenvalue weighted by Gasteiger charge is 2.26. The van der Waals surface area contributed by atoms with Crippen LogP contribution in [0.15, 0.2) is 54.6 Å². The molecule has 6 heteroatoms. The summed E-state index contributed by atoms with van der Waals surface area (Å²) in [4.78, 5) is 17.1. The van der Waals surface area contributed by atoms with Gasteiger partial charge in [0.25, 0.3) is 5.91 Å². The van der Waals surface area contributed by atoms with Crippen LogP contribution < -0.4 is 4.90 Å². The van der Waals surface area contributed by atoms with E-state index in [9.17, 15) is 9.18 Å². The number of aryl methyl sites for hydroxylation is 1. The first kappa shape index (κ1) is 22.5. The first-order chi connectivity index (χ1) is 14.8. The van der Waals surface area contributed by atoms with Gasteiger partial charge in [-0.15, -0.1) is 0 Å². The second kappa shape index (κ2) is 9.77. The van der Waals surface area contributed by atoms with Crippen molar-refractivity contribution in [3.8, 4) is 5.69 Å². The third kappa shape index (κ3) is 4.95. The summed E-state index contributed by atoms with van der Waals surface area (Å²) in [6.45, 7) is 7.08. The van der Waals surface area contributed by atoms with Crippen LogP contribution in [0.25, 0.3) is 5.69 Å². The molecule has 0 bridgehead atoms. The third-order valence-electron chi connectivity index (χ3n) is 5.12. The SMILES string of the molecule is CCc1nn(-c2ccccc2)c(N(C)C)c1CN(CC(C)C)C(=O)c1ccccc1F. The lowest BCUT2D eigenvalue weighted by atomic mass is 10.1. The summed E-state index contributed by atoms with van der Waals surface area (Å²) >= 11 is 0. The van der Waals surface area contributed by atoms with Crippen LogP contribution in [0.5, 0.6) is 0 Å². The van der Waals surface area contributed by atoms with Crippen molar-refractivity contribution in [3.05, 3.63) is 77.2 Å². The van der Waals surface area contributed by atoms with Gasteiger partial charge in [-0.1, -0.05) is 51.1 Å². The van der Waals surface area contributed by atoms with Gasteiger partial charge in [-0.3, -0.25) is 4.79 Å². The summed E-state index contributed by atoms with van der Waals surface area (Å²) in [7, 11) is 3.95. The molecule has 164 valence electrons. The minimum absolute atomic E-state index is 0.100. The Balaban J connectivity index is 2.08.